The Morgan fingerprint density at radius 3 is 2.63 bits per heavy atom. The molecule has 1 aromatic heterocycles. The first kappa shape index (κ1) is 20.0. The second-order valence-corrected chi connectivity index (χ2v) is 9.72. The smallest absolute Gasteiger partial charge is 0.256 e. The highest BCUT2D eigenvalue weighted by molar-refractivity contribution is 7.91. The van der Waals surface area contributed by atoms with Crippen LogP contribution in [0.2, 0.25) is 0 Å². The van der Waals surface area contributed by atoms with Crippen molar-refractivity contribution >= 4 is 33.0 Å². The minimum Gasteiger partial charge on any atom is -0.322 e. The van der Waals surface area contributed by atoms with E-state index in [0.29, 0.717) is 11.6 Å². The van der Waals surface area contributed by atoms with Crippen LogP contribution in [0.15, 0.2) is 39.9 Å². The van der Waals surface area contributed by atoms with Gasteiger partial charge in [0.25, 0.3) is 5.91 Å². The van der Waals surface area contributed by atoms with Crippen LogP contribution in [0.3, 0.4) is 0 Å². The topological polar surface area (TPSA) is 92.5 Å². The molecular weight excluding hydrogens is 382 g/mol. The summed E-state index contributed by atoms with van der Waals surface area (Å²) < 4.78 is 22.8. The van der Waals surface area contributed by atoms with E-state index >= 15 is 0 Å². The molecule has 0 saturated heterocycles. The van der Waals surface area contributed by atoms with Crippen LogP contribution in [0.25, 0.3) is 0 Å². The van der Waals surface area contributed by atoms with Crippen molar-refractivity contribution in [3.05, 3.63) is 46.8 Å². The van der Waals surface area contributed by atoms with Crippen LogP contribution < -0.4 is 10.5 Å². The summed E-state index contributed by atoms with van der Waals surface area (Å²) in [6, 6.07) is 9.61. The van der Waals surface area contributed by atoms with E-state index in [2.05, 4.69) is 17.3 Å². The lowest BCUT2D eigenvalue weighted by atomic mass is 9.94. The van der Waals surface area contributed by atoms with Crippen LogP contribution in [0, 0.1) is 0 Å². The minimum atomic E-state index is -3.79. The third kappa shape index (κ3) is 5.16. The number of thiophene rings is 1. The van der Waals surface area contributed by atoms with Crippen LogP contribution in [-0.2, 0) is 16.6 Å². The fraction of sp³-hybridized carbons (Fsp3) is 0.421. The maximum atomic E-state index is 12.5. The molecule has 0 aliphatic heterocycles. The molecule has 1 fully saturated rings. The number of hydrogen-bond donors (Lipinski definition) is 2. The zero-order valence-electron chi connectivity index (χ0n) is 15.3. The average Bonchev–Trinajstić information content (AvgIpc) is 3.15. The molecule has 0 atom stereocenters. The van der Waals surface area contributed by atoms with Crippen LogP contribution in [-0.4, -0.2) is 32.3 Å². The first-order valence-corrected chi connectivity index (χ1v) is 11.5. The summed E-state index contributed by atoms with van der Waals surface area (Å²) in [5, 5.41) is 9.53. The Balaban J connectivity index is 1.71. The second kappa shape index (κ2) is 8.52. The molecular formula is C19H25N3O3S2. The third-order valence-corrected chi connectivity index (χ3v) is 7.39. The molecule has 27 heavy (non-hydrogen) atoms. The van der Waals surface area contributed by atoms with E-state index in [4.69, 9.17) is 5.14 Å². The highest BCUT2D eigenvalue weighted by Crippen LogP contribution is 2.26. The van der Waals surface area contributed by atoms with Gasteiger partial charge in [-0.15, -0.1) is 11.3 Å². The number of hydrogen-bond acceptors (Lipinski definition) is 5. The predicted molar refractivity (Wildman–Crippen MR) is 108 cm³/mol. The third-order valence-electron chi connectivity index (χ3n) is 5.00. The highest BCUT2D eigenvalue weighted by Gasteiger charge is 2.20. The molecule has 8 heteroatoms. The molecule has 0 radical (unpaired) electrons. The molecule has 0 bridgehead atoms. The standard InChI is InChI=1S/C19H25N3O3S2/c1-22(16-8-3-2-4-9-16)12-14-7-5-6-10-17(14)21-19(23)15-11-18(26-13-15)27(20,24)25/h5-7,10-11,13,16H,2-4,8-9,12H2,1H3,(H,21,23)(H2,20,24,25). The van der Waals surface area contributed by atoms with Crippen molar-refractivity contribution in [1.29, 1.82) is 0 Å². The number of amides is 1. The van der Waals surface area contributed by atoms with Crippen molar-refractivity contribution in [3.63, 3.8) is 0 Å². The Morgan fingerprint density at radius 2 is 1.96 bits per heavy atom. The summed E-state index contributed by atoms with van der Waals surface area (Å²) >= 11 is 0.947. The van der Waals surface area contributed by atoms with E-state index in [1.807, 2.05) is 24.3 Å². The Kier molecular flexibility index (Phi) is 6.31. The van der Waals surface area contributed by atoms with E-state index in [1.54, 1.807) is 0 Å². The molecule has 2 aromatic rings. The molecule has 1 aliphatic carbocycles. The summed E-state index contributed by atoms with van der Waals surface area (Å²) in [5.41, 5.74) is 2.08. The molecule has 1 aromatic carbocycles. The quantitative estimate of drug-likeness (QED) is 0.767. The lowest BCUT2D eigenvalue weighted by Gasteiger charge is -2.31. The number of carbonyl (C=O) groups excluding carboxylic acids is 1. The van der Waals surface area contributed by atoms with Crippen LogP contribution in [0.4, 0.5) is 5.69 Å². The molecule has 3 N–H and O–H groups in total. The van der Waals surface area contributed by atoms with E-state index in [-0.39, 0.29) is 10.1 Å². The van der Waals surface area contributed by atoms with Gasteiger partial charge in [0, 0.05) is 23.7 Å². The SMILES string of the molecule is CN(Cc1ccccc1NC(=O)c1csc(S(N)(=O)=O)c1)C1CCCCC1. The number of nitrogens with two attached hydrogens (primary N) is 1. The van der Waals surface area contributed by atoms with Crippen LogP contribution in [0.5, 0.6) is 0 Å². The lowest BCUT2D eigenvalue weighted by molar-refractivity contribution is 0.102. The molecule has 1 heterocycles. The highest BCUT2D eigenvalue weighted by atomic mass is 32.2. The van der Waals surface area contributed by atoms with Gasteiger partial charge < -0.3 is 5.32 Å². The maximum Gasteiger partial charge on any atom is 0.256 e. The van der Waals surface area contributed by atoms with Gasteiger partial charge in [0.1, 0.15) is 4.21 Å². The fourth-order valence-corrected chi connectivity index (χ4v) is 5.06. The largest absolute Gasteiger partial charge is 0.322 e. The summed E-state index contributed by atoms with van der Waals surface area (Å²) in [7, 11) is -1.66. The summed E-state index contributed by atoms with van der Waals surface area (Å²) in [5.74, 6) is -0.339. The first-order chi connectivity index (χ1) is 12.8. The number of primary sulfonamides is 1. The predicted octanol–water partition coefficient (Wildman–Crippen LogP) is 3.41. The second-order valence-electron chi connectivity index (χ2n) is 7.02. The Morgan fingerprint density at radius 1 is 1.26 bits per heavy atom. The lowest BCUT2D eigenvalue weighted by Crippen LogP contribution is -2.33. The van der Waals surface area contributed by atoms with Gasteiger partial charge in [-0.3, -0.25) is 9.69 Å². The number of rotatable bonds is 6. The molecule has 3 rings (SSSR count). The van der Waals surface area contributed by atoms with Crippen molar-refractivity contribution in [2.75, 3.05) is 12.4 Å². The monoisotopic (exact) mass is 407 g/mol. The Hall–Kier alpha value is -1.74. The van der Waals surface area contributed by atoms with E-state index in [0.717, 1.165) is 29.1 Å². The summed E-state index contributed by atoms with van der Waals surface area (Å²) in [6.45, 7) is 0.757. The average molecular weight is 408 g/mol. The molecule has 0 spiro atoms. The van der Waals surface area contributed by atoms with Crippen molar-refractivity contribution in [2.45, 2.75) is 48.9 Å². The number of nitrogens with zero attached hydrogens (tertiary/aromatic N) is 1. The number of nitrogens with one attached hydrogen (secondary N) is 1. The van der Waals surface area contributed by atoms with Crippen LogP contribution in [0.1, 0.15) is 48.0 Å². The van der Waals surface area contributed by atoms with Gasteiger partial charge in [-0.05, 0) is 37.6 Å². The number of carbonyl (C=O) groups is 1. The van der Waals surface area contributed by atoms with Gasteiger partial charge in [0.2, 0.25) is 10.0 Å². The van der Waals surface area contributed by atoms with Gasteiger partial charge >= 0.3 is 0 Å². The van der Waals surface area contributed by atoms with E-state index in [1.165, 1.54) is 43.6 Å². The number of anilines is 1. The van der Waals surface area contributed by atoms with Crippen molar-refractivity contribution in [3.8, 4) is 0 Å². The van der Waals surface area contributed by atoms with Gasteiger partial charge in [-0.1, -0.05) is 37.5 Å². The maximum absolute atomic E-state index is 12.5. The van der Waals surface area contributed by atoms with Crippen molar-refractivity contribution in [1.82, 2.24) is 4.90 Å². The zero-order chi connectivity index (χ0) is 19.4. The molecule has 1 saturated carbocycles. The normalized spacial score (nSPS) is 15.8. The number of sulfonamides is 1. The van der Waals surface area contributed by atoms with Crippen molar-refractivity contribution in [2.24, 2.45) is 5.14 Å². The zero-order valence-corrected chi connectivity index (χ0v) is 17.0. The van der Waals surface area contributed by atoms with Crippen molar-refractivity contribution < 1.29 is 13.2 Å². The van der Waals surface area contributed by atoms with Gasteiger partial charge in [0.05, 0.1) is 5.56 Å². The fourth-order valence-electron chi connectivity index (χ4n) is 3.48. The molecule has 6 nitrogen and oxygen atoms in total. The molecule has 1 aliphatic rings. The number of benzene rings is 1. The Labute approximate surface area is 164 Å². The molecule has 0 unspecified atom stereocenters. The minimum absolute atomic E-state index is 0.0158. The molecule has 146 valence electrons. The van der Waals surface area contributed by atoms with E-state index in [9.17, 15) is 13.2 Å². The summed E-state index contributed by atoms with van der Waals surface area (Å²) in [6.07, 6.45) is 6.31. The van der Waals surface area contributed by atoms with E-state index < -0.39 is 10.0 Å². The first-order valence-electron chi connectivity index (χ1n) is 9.05. The molecule has 1 amide bonds. The van der Waals surface area contributed by atoms with Gasteiger partial charge in [0.15, 0.2) is 0 Å². The Bertz CT molecular complexity index is 902. The van der Waals surface area contributed by atoms with Gasteiger partial charge in [-0.25, -0.2) is 13.6 Å². The van der Waals surface area contributed by atoms with Crippen LogP contribution >= 0.6 is 11.3 Å². The number of para-hydroxylation sites is 1. The summed E-state index contributed by atoms with van der Waals surface area (Å²) in [4.78, 5) is 14.9. The van der Waals surface area contributed by atoms with Gasteiger partial charge in [-0.2, -0.15) is 0 Å².